The second-order valence-corrected chi connectivity index (χ2v) is 8.54. The standard InChI is InChI=1S/C17H36N4OS.HI/c1-6-14(3)21(5)12-11-19-17(18-4)20-15-9-8-10-16(13-15)23(22)7-2;/h14-16H,6-13H2,1-5H3,(H2,18,19,20);1H. The normalized spacial score (nSPS) is 24.2. The first kappa shape index (κ1) is 24.1. The van der Waals surface area contributed by atoms with E-state index in [0.29, 0.717) is 17.3 Å². The van der Waals surface area contributed by atoms with E-state index in [4.69, 9.17) is 0 Å². The van der Waals surface area contributed by atoms with E-state index < -0.39 is 10.8 Å². The van der Waals surface area contributed by atoms with Crippen molar-refractivity contribution in [3.8, 4) is 0 Å². The lowest BCUT2D eigenvalue weighted by atomic mass is 9.95. The first-order valence-electron chi connectivity index (χ1n) is 9.06. The van der Waals surface area contributed by atoms with E-state index >= 15 is 0 Å². The van der Waals surface area contributed by atoms with Gasteiger partial charge in [-0.05, 0) is 39.7 Å². The van der Waals surface area contributed by atoms with E-state index in [0.717, 1.165) is 50.5 Å². The van der Waals surface area contributed by atoms with Crippen LogP contribution >= 0.6 is 24.0 Å². The molecule has 4 unspecified atom stereocenters. The second kappa shape index (κ2) is 13.3. The summed E-state index contributed by atoms with van der Waals surface area (Å²) < 4.78 is 12.0. The van der Waals surface area contributed by atoms with Crippen LogP contribution in [0.25, 0.3) is 0 Å². The lowest BCUT2D eigenvalue weighted by Gasteiger charge is -2.30. The van der Waals surface area contributed by atoms with Crippen LogP contribution in [0.5, 0.6) is 0 Å². The predicted molar refractivity (Wildman–Crippen MR) is 117 cm³/mol. The highest BCUT2D eigenvalue weighted by Crippen LogP contribution is 2.22. The number of hydrogen-bond donors (Lipinski definition) is 2. The summed E-state index contributed by atoms with van der Waals surface area (Å²) in [5, 5.41) is 7.27. The second-order valence-electron chi connectivity index (χ2n) is 6.54. The van der Waals surface area contributed by atoms with Gasteiger partial charge in [0.15, 0.2) is 5.96 Å². The van der Waals surface area contributed by atoms with E-state index in [1.54, 1.807) is 0 Å². The highest BCUT2D eigenvalue weighted by molar-refractivity contribution is 14.0. The summed E-state index contributed by atoms with van der Waals surface area (Å²) >= 11 is 0. The Morgan fingerprint density at radius 3 is 2.67 bits per heavy atom. The Morgan fingerprint density at radius 1 is 1.38 bits per heavy atom. The first-order valence-corrected chi connectivity index (χ1v) is 10.4. The molecule has 144 valence electrons. The van der Waals surface area contributed by atoms with Crippen LogP contribution in [0, 0.1) is 0 Å². The van der Waals surface area contributed by atoms with E-state index in [1.165, 1.54) is 6.42 Å². The fourth-order valence-corrected chi connectivity index (χ4v) is 4.37. The Labute approximate surface area is 168 Å². The molecule has 1 aliphatic rings. The Kier molecular flexibility index (Phi) is 13.4. The maximum atomic E-state index is 12.0. The highest BCUT2D eigenvalue weighted by atomic mass is 127. The molecule has 0 aliphatic heterocycles. The molecule has 1 aliphatic carbocycles. The maximum Gasteiger partial charge on any atom is 0.191 e. The summed E-state index contributed by atoms with van der Waals surface area (Å²) in [7, 11) is 3.31. The third kappa shape index (κ3) is 8.47. The van der Waals surface area contributed by atoms with Crippen LogP contribution in [0.2, 0.25) is 0 Å². The largest absolute Gasteiger partial charge is 0.355 e. The third-order valence-corrected chi connectivity index (χ3v) is 6.69. The summed E-state index contributed by atoms with van der Waals surface area (Å²) in [4.78, 5) is 6.70. The van der Waals surface area contributed by atoms with Gasteiger partial charge < -0.3 is 15.5 Å². The minimum absolute atomic E-state index is 0. The quantitative estimate of drug-likeness (QED) is 0.324. The number of hydrogen-bond acceptors (Lipinski definition) is 3. The van der Waals surface area contributed by atoms with Gasteiger partial charge in [-0.3, -0.25) is 9.20 Å². The molecular weight excluding hydrogens is 435 g/mol. The van der Waals surface area contributed by atoms with Crippen molar-refractivity contribution in [2.24, 2.45) is 4.99 Å². The molecule has 2 N–H and O–H groups in total. The van der Waals surface area contributed by atoms with Crippen LogP contribution in [0.3, 0.4) is 0 Å². The Balaban J connectivity index is 0.00000529. The van der Waals surface area contributed by atoms with Crippen molar-refractivity contribution in [3.63, 3.8) is 0 Å². The fourth-order valence-electron chi connectivity index (χ4n) is 3.02. The van der Waals surface area contributed by atoms with Crippen molar-refractivity contribution in [3.05, 3.63) is 0 Å². The molecule has 0 radical (unpaired) electrons. The lowest BCUT2D eigenvalue weighted by Crippen LogP contribution is -2.48. The highest BCUT2D eigenvalue weighted by Gasteiger charge is 2.25. The Hall–Kier alpha value is 0.110. The number of nitrogens with one attached hydrogen (secondary N) is 2. The molecule has 0 saturated heterocycles. The van der Waals surface area contributed by atoms with Gasteiger partial charge in [0.05, 0.1) is 0 Å². The van der Waals surface area contributed by atoms with Gasteiger partial charge in [-0.15, -0.1) is 24.0 Å². The van der Waals surface area contributed by atoms with Crippen LogP contribution < -0.4 is 10.6 Å². The van der Waals surface area contributed by atoms with E-state index in [9.17, 15) is 4.21 Å². The fraction of sp³-hybridized carbons (Fsp3) is 0.941. The lowest BCUT2D eigenvalue weighted by molar-refractivity contribution is 0.255. The minimum Gasteiger partial charge on any atom is -0.355 e. The van der Waals surface area contributed by atoms with Crippen LogP contribution in [0.1, 0.15) is 52.9 Å². The molecule has 24 heavy (non-hydrogen) atoms. The van der Waals surface area contributed by atoms with E-state index in [1.807, 2.05) is 14.0 Å². The third-order valence-electron chi connectivity index (χ3n) is 4.95. The molecule has 5 nitrogen and oxygen atoms in total. The molecule has 0 spiro atoms. The zero-order valence-corrected chi connectivity index (χ0v) is 19.2. The zero-order chi connectivity index (χ0) is 17.2. The average molecular weight is 472 g/mol. The topological polar surface area (TPSA) is 56.7 Å². The minimum atomic E-state index is -0.676. The molecule has 7 heteroatoms. The zero-order valence-electron chi connectivity index (χ0n) is 16.0. The monoisotopic (exact) mass is 472 g/mol. The van der Waals surface area contributed by atoms with Crippen molar-refractivity contribution in [1.82, 2.24) is 15.5 Å². The van der Waals surface area contributed by atoms with Crippen LogP contribution in [-0.4, -0.2) is 65.3 Å². The molecule has 0 amide bonds. The van der Waals surface area contributed by atoms with Gasteiger partial charge in [0.1, 0.15) is 0 Å². The molecule has 0 aromatic rings. The van der Waals surface area contributed by atoms with Crippen molar-refractivity contribution in [2.45, 2.75) is 70.2 Å². The Morgan fingerprint density at radius 2 is 2.08 bits per heavy atom. The molecule has 4 atom stereocenters. The molecule has 0 bridgehead atoms. The van der Waals surface area contributed by atoms with Gasteiger partial charge in [-0.2, -0.15) is 0 Å². The van der Waals surface area contributed by atoms with Crippen molar-refractivity contribution >= 4 is 40.7 Å². The summed E-state index contributed by atoms with van der Waals surface area (Å²) in [6.07, 6.45) is 5.56. The van der Waals surface area contributed by atoms with Crippen molar-refractivity contribution < 1.29 is 4.21 Å². The maximum absolute atomic E-state index is 12.0. The van der Waals surface area contributed by atoms with E-state index in [-0.39, 0.29) is 24.0 Å². The number of likely N-dealkylation sites (N-methyl/N-ethyl adjacent to an activating group) is 1. The van der Waals surface area contributed by atoms with Crippen LogP contribution in [0.4, 0.5) is 0 Å². The van der Waals surface area contributed by atoms with Gasteiger partial charge in [0, 0.05) is 54.0 Å². The molecule has 1 fully saturated rings. The summed E-state index contributed by atoms with van der Waals surface area (Å²) in [6.45, 7) is 8.37. The smallest absolute Gasteiger partial charge is 0.191 e. The van der Waals surface area contributed by atoms with Gasteiger partial charge in [-0.25, -0.2) is 0 Å². The summed E-state index contributed by atoms with van der Waals surface area (Å²) in [5.41, 5.74) is 0. The number of nitrogens with zero attached hydrogens (tertiary/aromatic N) is 2. The number of aliphatic imine (C=N–C) groups is 1. The first-order chi connectivity index (χ1) is 11.0. The van der Waals surface area contributed by atoms with Gasteiger partial charge in [0.25, 0.3) is 0 Å². The van der Waals surface area contributed by atoms with Crippen LogP contribution in [-0.2, 0) is 10.8 Å². The molecule has 0 heterocycles. The summed E-state index contributed by atoms with van der Waals surface area (Å²) in [6, 6.07) is 0.998. The average Bonchev–Trinajstić information content (AvgIpc) is 2.59. The molecule has 1 saturated carbocycles. The number of rotatable bonds is 8. The number of halogens is 1. The van der Waals surface area contributed by atoms with Crippen molar-refractivity contribution in [2.75, 3.05) is 32.9 Å². The SMILES string of the molecule is CCC(C)N(C)CCNC(=NC)NC1CCCC(S(=O)CC)C1.I. The Bertz CT molecular complexity index is 395. The predicted octanol–water partition coefficient (Wildman–Crippen LogP) is 2.58. The van der Waals surface area contributed by atoms with Crippen LogP contribution in [0.15, 0.2) is 4.99 Å². The van der Waals surface area contributed by atoms with Gasteiger partial charge >= 0.3 is 0 Å². The number of guanidine groups is 1. The summed E-state index contributed by atoms with van der Waals surface area (Å²) in [5.74, 6) is 1.64. The van der Waals surface area contributed by atoms with Crippen molar-refractivity contribution in [1.29, 1.82) is 0 Å². The molecular formula is C17H37IN4OS. The molecule has 0 aromatic heterocycles. The molecule has 0 aromatic carbocycles. The van der Waals surface area contributed by atoms with E-state index in [2.05, 4.69) is 41.4 Å². The van der Waals surface area contributed by atoms with Gasteiger partial charge in [0.2, 0.25) is 0 Å². The van der Waals surface area contributed by atoms with Gasteiger partial charge in [-0.1, -0.05) is 20.3 Å². The molecule has 1 rings (SSSR count).